The van der Waals surface area contributed by atoms with Crippen molar-refractivity contribution < 1.29 is 9.53 Å². The highest BCUT2D eigenvalue weighted by molar-refractivity contribution is 6.30. The van der Waals surface area contributed by atoms with Crippen molar-refractivity contribution in [2.45, 2.75) is 12.0 Å². The van der Waals surface area contributed by atoms with Gasteiger partial charge in [-0.3, -0.25) is 4.79 Å². The number of ether oxygens (including phenoxy) is 1. The van der Waals surface area contributed by atoms with Gasteiger partial charge in [0, 0.05) is 18.1 Å². The summed E-state index contributed by atoms with van der Waals surface area (Å²) in [6.45, 7) is 1.48. The van der Waals surface area contributed by atoms with E-state index in [2.05, 4.69) is 5.32 Å². The lowest BCUT2D eigenvalue weighted by atomic mass is 9.85. The van der Waals surface area contributed by atoms with E-state index in [9.17, 15) is 4.79 Å². The molecular weight excluding hydrogens is 214 g/mol. The molecule has 0 bridgehead atoms. The summed E-state index contributed by atoms with van der Waals surface area (Å²) in [5.41, 5.74) is 0.339. The number of hydrogen-bond donors (Lipinski definition) is 1. The van der Waals surface area contributed by atoms with E-state index in [0.29, 0.717) is 22.8 Å². The van der Waals surface area contributed by atoms with Crippen LogP contribution in [0.1, 0.15) is 16.8 Å². The first kappa shape index (κ1) is 9.19. The number of benzene rings is 1. The lowest BCUT2D eigenvalue weighted by Crippen LogP contribution is -2.65. The average Bonchev–Trinajstić information content (AvgIpc) is 2.14. The van der Waals surface area contributed by atoms with Crippen molar-refractivity contribution in [3.8, 4) is 5.75 Å². The molecule has 0 aliphatic carbocycles. The number of fused-ring (bicyclic) bond motifs is 1. The van der Waals surface area contributed by atoms with Crippen molar-refractivity contribution in [1.29, 1.82) is 0 Å². The largest absolute Gasteiger partial charge is 0.483 e. The van der Waals surface area contributed by atoms with Gasteiger partial charge in [-0.15, -0.1) is 0 Å². The van der Waals surface area contributed by atoms with Crippen LogP contribution in [0, 0.1) is 0 Å². The van der Waals surface area contributed by atoms with Crippen LogP contribution in [0.2, 0.25) is 5.02 Å². The smallest absolute Gasteiger partial charge is 0.170 e. The molecule has 2 aliphatic heterocycles. The third kappa shape index (κ3) is 1.34. The zero-order valence-electron chi connectivity index (χ0n) is 8.05. The van der Waals surface area contributed by atoms with Crippen LogP contribution in [0.3, 0.4) is 0 Å². The molecule has 15 heavy (non-hydrogen) atoms. The van der Waals surface area contributed by atoms with Crippen LogP contribution in [0.5, 0.6) is 5.75 Å². The molecule has 0 radical (unpaired) electrons. The van der Waals surface area contributed by atoms with Gasteiger partial charge in [0.25, 0.3) is 0 Å². The molecular formula is C11H10ClNO2. The van der Waals surface area contributed by atoms with E-state index in [-0.39, 0.29) is 11.4 Å². The van der Waals surface area contributed by atoms with Gasteiger partial charge in [0.2, 0.25) is 0 Å². The standard InChI is InChI=1S/C11H10ClNO2/c12-7-1-2-8-9(14)4-11(5-13-6-11)15-10(8)3-7/h1-3,13H,4-6H2. The van der Waals surface area contributed by atoms with Crippen LogP contribution in [0.4, 0.5) is 0 Å². The van der Waals surface area contributed by atoms with Crippen LogP contribution in [0.25, 0.3) is 0 Å². The fourth-order valence-corrected chi connectivity index (χ4v) is 2.23. The summed E-state index contributed by atoms with van der Waals surface area (Å²) < 4.78 is 5.84. The molecule has 0 aromatic heterocycles. The molecule has 78 valence electrons. The summed E-state index contributed by atoms with van der Waals surface area (Å²) in [7, 11) is 0. The van der Waals surface area contributed by atoms with Gasteiger partial charge in [-0.1, -0.05) is 11.6 Å². The quantitative estimate of drug-likeness (QED) is 0.727. The molecule has 0 amide bonds. The predicted molar refractivity (Wildman–Crippen MR) is 56.6 cm³/mol. The Balaban J connectivity index is 2.05. The van der Waals surface area contributed by atoms with Gasteiger partial charge in [-0.25, -0.2) is 0 Å². The highest BCUT2D eigenvalue weighted by Gasteiger charge is 2.45. The molecule has 2 aliphatic rings. The van der Waals surface area contributed by atoms with Crippen molar-refractivity contribution in [1.82, 2.24) is 5.32 Å². The summed E-state index contributed by atoms with van der Waals surface area (Å²) in [5.74, 6) is 0.773. The predicted octanol–water partition coefficient (Wildman–Crippen LogP) is 1.65. The zero-order chi connectivity index (χ0) is 10.5. The second-order valence-corrected chi connectivity index (χ2v) is 4.57. The minimum absolute atomic E-state index is 0.148. The van der Waals surface area contributed by atoms with Gasteiger partial charge in [0.15, 0.2) is 5.78 Å². The van der Waals surface area contributed by atoms with Gasteiger partial charge >= 0.3 is 0 Å². The number of Topliss-reactive ketones (excluding diaryl/α,β-unsaturated/α-hetero) is 1. The summed E-state index contributed by atoms with van der Waals surface area (Å²) in [4.78, 5) is 11.9. The topological polar surface area (TPSA) is 38.3 Å². The summed E-state index contributed by atoms with van der Waals surface area (Å²) >= 11 is 5.87. The Kier molecular flexibility index (Phi) is 1.82. The minimum Gasteiger partial charge on any atom is -0.483 e. The van der Waals surface area contributed by atoms with Crippen molar-refractivity contribution >= 4 is 17.4 Å². The van der Waals surface area contributed by atoms with Crippen molar-refractivity contribution in [3.05, 3.63) is 28.8 Å². The lowest BCUT2D eigenvalue weighted by Gasteiger charge is -2.44. The SMILES string of the molecule is O=C1CC2(CNC2)Oc2cc(Cl)ccc21. The Bertz CT molecular complexity index is 440. The molecule has 3 rings (SSSR count). The number of ketones is 1. The molecule has 1 N–H and O–H groups in total. The second-order valence-electron chi connectivity index (χ2n) is 4.13. The number of halogens is 1. The summed E-state index contributed by atoms with van der Waals surface area (Å²) in [6.07, 6.45) is 0.467. The first-order valence-corrected chi connectivity index (χ1v) is 5.29. The monoisotopic (exact) mass is 223 g/mol. The highest BCUT2D eigenvalue weighted by Crippen LogP contribution is 2.36. The summed E-state index contributed by atoms with van der Waals surface area (Å²) in [6, 6.07) is 5.17. The Labute approximate surface area is 92.4 Å². The molecule has 4 heteroatoms. The third-order valence-corrected chi connectivity index (χ3v) is 3.18. The first-order chi connectivity index (χ1) is 7.19. The molecule has 0 saturated carbocycles. The van der Waals surface area contributed by atoms with Crippen LogP contribution < -0.4 is 10.1 Å². The molecule has 1 aromatic rings. The van der Waals surface area contributed by atoms with Crippen molar-refractivity contribution in [2.24, 2.45) is 0 Å². The maximum absolute atomic E-state index is 11.9. The van der Waals surface area contributed by atoms with E-state index in [1.807, 2.05) is 0 Å². The number of hydrogen-bond acceptors (Lipinski definition) is 3. The maximum Gasteiger partial charge on any atom is 0.170 e. The van der Waals surface area contributed by atoms with E-state index in [1.165, 1.54) is 0 Å². The Morgan fingerprint density at radius 1 is 1.40 bits per heavy atom. The van der Waals surface area contributed by atoms with Gasteiger partial charge in [0.05, 0.1) is 12.0 Å². The van der Waals surface area contributed by atoms with Crippen LogP contribution in [-0.4, -0.2) is 24.5 Å². The molecule has 1 aromatic carbocycles. The molecule has 0 atom stereocenters. The van der Waals surface area contributed by atoms with E-state index in [0.717, 1.165) is 13.1 Å². The maximum atomic E-state index is 11.9. The van der Waals surface area contributed by atoms with Gasteiger partial charge < -0.3 is 10.1 Å². The second kappa shape index (κ2) is 2.97. The normalized spacial score (nSPS) is 21.8. The Morgan fingerprint density at radius 2 is 2.20 bits per heavy atom. The van der Waals surface area contributed by atoms with E-state index in [1.54, 1.807) is 18.2 Å². The first-order valence-electron chi connectivity index (χ1n) is 4.91. The van der Waals surface area contributed by atoms with Gasteiger partial charge in [-0.2, -0.15) is 0 Å². The third-order valence-electron chi connectivity index (χ3n) is 2.95. The van der Waals surface area contributed by atoms with Crippen molar-refractivity contribution in [2.75, 3.05) is 13.1 Å². The lowest BCUT2D eigenvalue weighted by molar-refractivity contribution is 0.00243. The molecule has 3 nitrogen and oxygen atoms in total. The number of rotatable bonds is 0. The minimum atomic E-state index is -0.311. The number of nitrogens with one attached hydrogen (secondary N) is 1. The zero-order valence-corrected chi connectivity index (χ0v) is 8.80. The fourth-order valence-electron chi connectivity index (χ4n) is 2.07. The number of carbonyl (C=O) groups is 1. The van der Waals surface area contributed by atoms with Crippen LogP contribution in [0.15, 0.2) is 18.2 Å². The Morgan fingerprint density at radius 3 is 2.87 bits per heavy atom. The molecule has 1 saturated heterocycles. The molecule has 1 fully saturated rings. The van der Waals surface area contributed by atoms with Crippen LogP contribution >= 0.6 is 11.6 Å². The van der Waals surface area contributed by atoms with Gasteiger partial charge in [-0.05, 0) is 18.2 Å². The van der Waals surface area contributed by atoms with E-state index < -0.39 is 0 Å². The highest BCUT2D eigenvalue weighted by atomic mass is 35.5. The number of carbonyl (C=O) groups excluding carboxylic acids is 1. The molecule has 0 unspecified atom stereocenters. The van der Waals surface area contributed by atoms with Crippen molar-refractivity contribution in [3.63, 3.8) is 0 Å². The molecule has 2 heterocycles. The van der Waals surface area contributed by atoms with E-state index in [4.69, 9.17) is 16.3 Å². The van der Waals surface area contributed by atoms with Crippen LogP contribution in [-0.2, 0) is 0 Å². The molecule has 1 spiro atoms. The average molecular weight is 224 g/mol. The van der Waals surface area contributed by atoms with E-state index >= 15 is 0 Å². The Hall–Kier alpha value is -1.06. The summed E-state index contributed by atoms with van der Waals surface area (Å²) in [5, 5.41) is 3.73. The fraction of sp³-hybridized carbons (Fsp3) is 0.364. The van der Waals surface area contributed by atoms with Gasteiger partial charge in [0.1, 0.15) is 11.4 Å².